The Hall–Kier alpha value is -3.23. The number of benzene rings is 2. The maximum Gasteiger partial charge on any atom is 0.264 e. The number of ketones is 1. The van der Waals surface area contributed by atoms with Gasteiger partial charge in [-0.2, -0.15) is 0 Å². The second-order valence-electron chi connectivity index (χ2n) is 7.42. The van der Waals surface area contributed by atoms with Crippen molar-refractivity contribution in [3.05, 3.63) is 83.1 Å². The normalized spacial score (nSPS) is 14.6. The first-order valence-corrected chi connectivity index (χ1v) is 11.8. The molecule has 2 aromatic carbocycles. The van der Waals surface area contributed by atoms with Gasteiger partial charge in [0.1, 0.15) is 5.69 Å². The number of halogens is 1. The summed E-state index contributed by atoms with van der Waals surface area (Å²) in [5, 5.41) is 3.06. The van der Waals surface area contributed by atoms with Gasteiger partial charge < -0.3 is 5.32 Å². The van der Waals surface area contributed by atoms with Gasteiger partial charge in [0.25, 0.3) is 10.0 Å². The van der Waals surface area contributed by atoms with Crippen LogP contribution in [-0.2, 0) is 14.8 Å². The molecule has 32 heavy (non-hydrogen) atoms. The monoisotopic (exact) mass is 469 g/mol. The van der Waals surface area contributed by atoms with E-state index in [-0.39, 0.29) is 46.0 Å². The number of carbonyl (C=O) groups is 2. The van der Waals surface area contributed by atoms with Gasteiger partial charge in [-0.05, 0) is 36.8 Å². The highest BCUT2D eigenvalue weighted by Gasteiger charge is 2.34. The zero-order chi connectivity index (χ0) is 22.9. The largest absolute Gasteiger partial charge is 0.324 e. The molecule has 0 radical (unpaired) electrons. The number of sulfonamides is 1. The second-order valence-corrected chi connectivity index (χ2v) is 9.72. The third kappa shape index (κ3) is 4.24. The van der Waals surface area contributed by atoms with Crippen LogP contribution in [0.15, 0.2) is 71.8 Å². The lowest BCUT2D eigenvalue weighted by molar-refractivity contribution is -0.117. The number of fused-ring (bicyclic) bond motifs is 1. The van der Waals surface area contributed by atoms with Gasteiger partial charge in [0.2, 0.25) is 5.91 Å². The quantitative estimate of drug-likeness (QED) is 0.602. The predicted molar refractivity (Wildman–Crippen MR) is 123 cm³/mol. The first kappa shape index (κ1) is 22.0. The smallest absolute Gasteiger partial charge is 0.264 e. The summed E-state index contributed by atoms with van der Waals surface area (Å²) in [5.74, 6) is -0.961. The van der Waals surface area contributed by atoms with E-state index in [9.17, 15) is 18.0 Å². The summed E-state index contributed by atoms with van der Waals surface area (Å²) in [5.41, 5.74) is 1.33. The molecule has 9 heteroatoms. The molecular formula is C23H20ClN3O4S. The number of carbonyl (C=O) groups excluding carboxylic acids is 2. The van der Waals surface area contributed by atoms with E-state index in [1.807, 2.05) is 30.3 Å². The third-order valence-corrected chi connectivity index (χ3v) is 7.33. The molecular weight excluding hydrogens is 450 g/mol. The second kappa shape index (κ2) is 8.72. The van der Waals surface area contributed by atoms with Crippen molar-refractivity contribution < 1.29 is 18.0 Å². The Morgan fingerprint density at radius 3 is 2.59 bits per heavy atom. The first-order chi connectivity index (χ1) is 15.3. The van der Waals surface area contributed by atoms with Crippen LogP contribution in [0.5, 0.6) is 0 Å². The zero-order valence-corrected chi connectivity index (χ0v) is 18.7. The van der Waals surface area contributed by atoms with E-state index in [1.54, 1.807) is 19.1 Å². The lowest BCUT2D eigenvalue weighted by Gasteiger charge is -2.29. The lowest BCUT2D eigenvalue weighted by atomic mass is 10.0. The molecule has 164 valence electrons. The number of Topliss-reactive ketones (excluding diaryl/α,β-unsaturated/α-hetero) is 1. The van der Waals surface area contributed by atoms with Crippen molar-refractivity contribution in [1.29, 1.82) is 0 Å². The summed E-state index contributed by atoms with van der Waals surface area (Å²) in [6, 6.07) is 16.7. The van der Waals surface area contributed by atoms with Gasteiger partial charge in [0.15, 0.2) is 5.78 Å². The minimum atomic E-state index is -3.98. The predicted octanol–water partition coefficient (Wildman–Crippen LogP) is 4.26. The van der Waals surface area contributed by atoms with Gasteiger partial charge in [-0.1, -0.05) is 48.0 Å². The number of hydrogen-bond acceptors (Lipinski definition) is 5. The van der Waals surface area contributed by atoms with Crippen LogP contribution in [0.1, 0.15) is 35.3 Å². The van der Waals surface area contributed by atoms with E-state index in [0.717, 1.165) is 9.87 Å². The molecule has 0 saturated carbocycles. The minimum Gasteiger partial charge on any atom is -0.324 e. The van der Waals surface area contributed by atoms with Crippen molar-refractivity contribution in [1.82, 2.24) is 4.98 Å². The molecule has 1 amide bonds. The van der Waals surface area contributed by atoms with Crippen molar-refractivity contribution in [2.45, 2.75) is 24.2 Å². The van der Waals surface area contributed by atoms with Crippen LogP contribution < -0.4 is 9.62 Å². The average molecular weight is 470 g/mol. The Labute approximate surface area is 191 Å². The van der Waals surface area contributed by atoms with Crippen LogP contribution in [0.4, 0.5) is 11.4 Å². The Balaban J connectivity index is 1.67. The van der Waals surface area contributed by atoms with E-state index >= 15 is 0 Å². The molecule has 0 spiro atoms. The third-order valence-electron chi connectivity index (χ3n) is 5.29. The summed E-state index contributed by atoms with van der Waals surface area (Å²) in [6.45, 7) is 1.75. The molecule has 2 heterocycles. The number of rotatable bonds is 5. The van der Waals surface area contributed by atoms with Gasteiger partial charge >= 0.3 is 0 Å². The molecule has 0 unspecified atom stereocenters. The Kier molecular flexibility index (Phi) is 5.99. The molecule has 0 saturated heterocycles. The van der Waals surface area contributed by atoms with Crippen molar-refractivity contribution in [2.75, 3.05) is 16.2 Å². The van der Waals surface area contributed by atoms with Gasteiger partial charge in [0.05, 0.1) is 28.4 Å². The summed E-state index contributed by atoms with van der Waals surface area (Å²) in [4.78, 5) is 29.3. The fraction of sp³-hybridized carbons (Fsp3) is 0.174. The molecule has 0 aliphatic carbocycles. The van der Waals surface area contributed by atoms with Crippen molar-refractivity contribution in [3.63, 3.8) is 0 Å². The minimum absolute atomic E-state index is 0.0105. The molecule has 4 rings (SSSR count). The number of pyridine rings is 1. The van der Waals surface area contributed by atoms with E-state index < -0.39 is 15.9 Å². The molecule has 0 fully saturated rings. The number of aromatic nitrogens is 1. The summed E-state index contributed by atoms with van der Waals surface area (Å²) >= 11 is 5.98. The molecule has 1 aromatic heterocycles. The number of hydrogen-bond donors (Lipinski definition) is 1. The average Bonchev–Trinajstić information content (AvgIpc) is 2.79. The zero-order valence-electron chi connectivity index (χ0n) is 17.2. The van der Waals surface area contributed by atoms with Gasteiger partial charge in [-0.3, -0.25) is 13.9 Å². The van der Waals surface area contributed by atoms with Crippen LogP contribution >= 0.6 is 11.6 Å². The van der Waals surface area contributed by atoms with Crippen LogP contribution in [0.25, 0.3) is 0 Å². The highest BCUT2D eigenvalue weighted by atomic mass is 35.5. The number of nitrogens with one attached hydrogen (secondary N) is 1. The van der Waals surface area contributed by atoms with Crippen molar-refractivity contribution in [3.8, 4) is 0 Å². The molecule has 3 aromatic rings. The molecule has 7 nitrogen and oxygen atoms in total. The van der Waals surface area contributed by atoms with E-state index in [4.69, 9.17) is 11.6 Å². The standard InChI is InChI=1S/C23H20ClN3O4S/c1-15(16-6-3-2-4-7-16)23(29)26-18-13-20-22(25-14-18)21(28)10-11-27(20)32(30,31)19-9-5-8-17(24)12-19/h2-9,12-15H,10-11H2,1H3,(H,26,29)/t15-/m0/s1. The van der Waals surface area contributed by atoms with E-state index in [1.165, 1.54) is 24.4 Å². The van der Waals surface area contributed by atoms with Crippen LogP contribution in [0.2, 0.25) is 5.02 Å². The molecule has 1 N–H and O–H groups in total. The summed E-state index contributed by atoms with van der Waals surface area (Å²) < 4.78 is 27.7. The highest BCUT2D eigenvalue weighted by molar-refractivity contribution is 7.92. The van der Waals surface area contributed by atoms with Crippen LogP contribution in [-0.4, -0.2) is 31.6 Å². The molecule has 1 atom stereocenters. The molecule has 1 aliphatic heterocycles. The first-order valence-electron chi connectivity index (χ1n) is 9.95. The summed E-state index contributed by atoms with van der Waals surface area (Å²) in [6.07, 6.45) is 1.37. The SMILES string of the molecule is C[C@H](C(=O)Nc1cnc2c(c1)N(S(=O)(=O)c1cccc(Cl)c1)CCC2=O)c1ccccc1. The van der Waals surface area contributed by atoms with Crippen molar-refractivity contribution in [2.24, 2.45) is 0 Å². The number of anilines is 2. The topological polar surface area (TPSA) is 96.4 Å². The lowest BCUT2D eigenvalue weighted by Crippen LogP contribution is -2.38. The fourth-order valence-electron chi connectivity index (χ4n) is 3.52. The molecule has 1 aliphatic rings. The van der Waals surface area contributed by atoms with Crippen LogP contribution in [0, 0.1) is 0 Å². The van der Waals surface area contributed by atoms with Gasteiger partial charge in [0, 0.05) is 18.0 Å². The highest BCUT2D eigenvalue weighted by Crippen LogP contribution is 2.33. The Morgan fingerprint density at radius 1 is 1.12 bits per heavy atom. The van der Waals surface area contributed by atoms with Gasteiger partial charge in [-0.25, -0.2) is 13.4 Å². The number of amides is 1. The number of nitrogens with zero attached hydrogens (tertiary/aromatic N) is 2. The van der Waals surface area contributed by atoms with E-state index in [0.29, 0.717) is 5.69 Å². The van der Waals surface area contributed by atoms with Crippen LogP contribution in [0.3, 0.4) is 0 Å². The van der Waals surface area contributed by atoms with E-state index in [2.05, 4.69) is 10.3 Å². The fourth-order valence-corrected chi connectivity index (χ4v) is 5.28. The maximum atomic E-state index is 13.3. The Morgan fingerprint density at radius 2 is 1.88 bits per heavy atom. The van der Waals surface area contributed by atoms with Crippen molar-refractivity contribution >= 4 is 44.7 Å². The Bertz CT molecular complexity index is 1300. The maximum absolute atomic E-state index is 13.3. The summed E-state index contributed by atoms with van der Waals surface area (Å²) in [7, 11) is -3.98. The molecule has 0 bridgehead atoms. The van der Waals surface area contributed by atoms with Gasteiger partial charge in [-0.15, -0.1) is 0 Å².